The van der Waals surface area contributed by atoms with Gasteiger partial charge in [-0.1, -0.05) is 29.8 Å². The summed E-state index contributed by atoms with van der Waals surface area (Å²) in [6, 6.07) is 13.7. The van der Waals surface area contributed by atoms with Crippen molar-refractivity contribution >= 4 is 11.6 Å². The lowest BCUT2D eigenvalue weighted by Gasteiger charge is -2.37. The maximum atomic E-state index is 13.6. The summed E-state index contributed by atoms with van der Waals surface area (Å²) in [5.74, 6) is 0.907. The fourth-order valence-corrected chi connectivity index (χ4v) is 5.10. The second-order valence-electron chi connectivity index (χ2n) is 9.36. The molecule has 3 aliphatic rings. The van der Waals surface area contributed by atoms with Crippen LogP contribution in [0.5, 0.6) is 11.5 Å². The molecule has 2 aromatic rings. The molecule has 1 atom stereocenters. The molecule has 3 aliphatic heterocycles. The summed E-state index contributed by atoms with van der Waals surface area (Å²) in [5.41, 5.74) is 4.02. The van der Waals surface area contributed by atoms with Crippen LogP contribution in [0.15, 0.2) is 47.6 Å². The lowest BCUT2D eigenvalue weighted by molar-refractivity contribution is -0.186. The minimum atomic E-state index is -0.455. The number of ether oxygens (including phenoxy) is 4. The summed E-state index contributed by atoms with van der Waals surface area (Å²) in [4.78, 5) is 15.8. The SMILES string of the molecule is COc1ccc([C@H]2CC(c3ccc(C)cc3)=NN2C(=O)CN2CCC3(CC2)OCCO3)c(OC)c1. The van der Waals surface area contributed by atoms with Crippen LogP contribution in [0.25, 0.3) is 0 Å². The van der Waals surface area contributed by atoms with Gasteiger partial charge in [-0.05, 0) is 24.6 Å². The van der Waals surface area contributed by atoms with Crippen molar-refractivity contribution in [1.29, 1.82) is 0 Å². The Labute approximate surface area is 206 Å². The molecule has 0 aromatic heterocycles. The molecule has 2 aromatic carbocycles. The Morgan fingerprint density at radius 1 is 1.06 bits per heavy atom. The van der Waals surface area contributed by atoms with E-state index in [9.17, 15) is 4.79 Å². The van der Waals surface area contributed by atoms with Crippen LogP contribution >= 0.6 is 0 Å². The molecule has 1 amide bonds. The Hall–Kier alpha value is -2.94. The number of carbonyl (C=O) groups excluding carboxylic acids is 1. The molecule has 0 radical (unpaired) electrons. The molecular weight excluding hydrogens is 446 g/mol. The van der Waals surface area contributed by atoms with Gasteiger partial charge in [-0.15, -0.1) is 0 Å². The first-order valence-corrected chi connectivity index (χ1v) is 12.2. The molecular formula is C27H33N3O5. The van der Waals surface area contributed by atoms with E-state index in [2.05, 4.69) is 36.1 Å². The number of piperidine rings is 1. The van der Waals surface area contributed by atoms with Crippen molar-refractivity contribution in [2.24, 2.45) is 5.10 Å². The summed E-state index contributed by atoms with van der Waals surface area (Å²) < 4.78 is 22.7. The number of likely N-dealkylation sites (tertiary alicyclic amines) is 1. The summed E-state index contributed by atoms with van der Waals surface area (Å²) in [7, 11) is 3.26. The number of carbonyl (C=O) groups is 1. The van der Waals surface area contributed by atoms with E-state index < -0.39 is 5.79 Å². The van der Waals surface area contributed by atoms with Gasteiger partial charge in [0.2, 0.25) is 0 Å². The van der Waals surface area contributed by atoms with E-state index in [1.165, 1.54) is 5.56 Å². The molecule has 0 saturated carbocycles. The molecule has 186 valence electrons. The van der Waals surface area contributed by atoms with E-state index in [-0.39, 0.29) is 11.9 Å². The predicted molar refractivity (Wildman–Crippen MR) is 132 cm³/mol. The lowest BCUT2D eigenvalue weighted by atomic mass is 9.97. The first kappa shape index (κ1) is 23.8. The average Bonchev–Trinajstić information content (AvgIpc) is 3.53. The smallest absolute Gasteiger partial charge is 0.257 e. The van der Waals surface area contributed by atoms with Crippen LogP contribution in [0.4, 0.5) is 0 Å². The van der Waals surface area contributed by atoms with Gasteiger partial charge < -0.3 is 18.9 Å². The van der Waals surface area contributed by atoms with Gasteiger partial charge in [0, 0.05) is 44.0 Å². The van der Waals surface area contributed by atoms with Crippen LogP contribution in [-0.2, 0) is 14.3 Å². The van der Waals surface area contributed by atoms with E-state index in [1.807, 2.05) is 18.2 Å². The number of amides is 1. The molecule has 2 fully saturated rings. The molecule has 0 unspecified atom stereocenters. The van der Waals surface area contributed by atoms with Crippen LogP contribution < -0.4 is 9.47 Å². The van der Waals surface area contributed by atoms with Crippen LogP contribution in [0.1, 0.15) is 42.0 Å². The summed E-state index contributed by atoms with van der Waals surface area (Å²) in [5, 5.41) is 6.48. The maximum absolute atomic E-state index is 13.6. The topological polar surface area (TPSA) is 72.8 Å². The van der Waals surface area contributed by atoms with Crippen molar-refractivity contribution in [3.63, 3.8) is 0 Å². The molecule has 8 nitrogen and oxygen atoms in total. The molecule has 1 spiro atoms. The van der Waals surface area contributed by atoms with Crippen LogP contribution in [0, 0.1) is 6.92 Å². The minimum absolute atomic E-state index is 0.0285. The molecule has 8 heteroatoms. The fourth-order valence-electron chi connectivity index (χ4n) is 5.10. The number of nitrogens with zero attached hydrogens (tertiary/aromatic N) is 3. The van der Waals surface area contributed by atoms with Crippen molar-refractivity contribution < 1.29 is 23.7 Å². The summed E-state index contributed by atoms with van der Waals surface area (Å²) in [6.07, 6.45) is 2.16. The molecule has 0 N–H and O–H groups in total. The third-order valence-electron chi connectivity index (χ3n) is 7.14. The minimum Gasteiger partial charge on any atom is -0.497 e. The zero-order valence-electron chi connectivity index (χ0n) is 20.7. The van der Waals surface area contributed by atoms with Gasteiger partial charge >= 0.3 is 0 Å². The number of methoxy groups -OCH3 is 2. The average molecular weight is 480 g/mol. The van der Waals surface area contributed by atoms with Gasteiger partial charge in [0.1, 0.15) is 11.5 Å². The fraction of sp³-hybridized carbons (Fsp3) is 0.481. The van der Waals surface area contributed by atoms with Gasteiger partial charge in [-0.25, -0.2) is 5.01 Å². The normalized spacial score (nSPS) is 21.9. The Kier molecular flexibility index (Phi) is 6.77. The van der Waals surface area contributed by atoms with E-state index in [1.54, 1.807) is 19.2 Å². The van der Waals surface area contributed by atoms with Gasteiger partial charge in [0.25, 0.3) is 5.91 Å². The Balaban J connectivity index is 1.38. The van der Waals surface area contributed by atoms with Crippen molar-refractivity contribution in [3.8, 4) is 11.5 Å². The van der Waals surface area contributed by atoms with Gasteiger partial charge in [0.05, 0.1) is 45.7 Å². The highest BCUT2D eigenvalue weighted by atomic mass is 16.7. The van der Waals surface area contributed by atoms with E-state index in [0.717, 1.165) is 42.8 Å². The molecule has 35 heavy (non-hydrogen) atoms. The van der Waals surface area contributed by atoms with E-state index in [0.29, 0.717) is 37.7 Å². The third-order valence-corrected chi connectivity index (χ3v) is 7.14. The maximum Gasteiger partial charge on any atom is 0.257 e. The summed E-state index contributed by atoms with van der Waals surface area (Å²) in [6.45, 7) is 5.17. The number of aryl methyl sites for hydroxylation is 1. The molecule has 2 saturated heterocycles. The largest absolute Gasteiger partial charge is 0.497 e. The van der Waals surface area contributed by atoms with Crippen LogP contribution in [-0.4, -0.2) is 74.4 Å². The Bertz CT molecular complexity index is 1080. The number of benzene rings is 2. The number of rotatable bonds is 6. The van der Waals surface area contributed by atoms with Crippen LogP contribution in [0.2, 0.25) is 0 Å². The van der Waals surface area contributed by atoms with Crippen molar-refractivity contribution in [3.05, 3.63) is 59.2 Å². The monoisotopic (exact) mass is 479 g/mol. The molecule has 0 aliphatic carbocycles. The first-order chi connectivity index (χ1) is 17.0. The van der Waals surface area contributed by atoms with Crippen molar-refractivity contribution in [1.82, 2.24) is 9.91 Å². The second-order valence-corrected chi connectivity index (χ2v) is 9.36. The highest BCUT2D eigenvalue weighted by molar-refractivity contribution is 6.03. The standard InChI is InChI=1S/C27H33N3O5/c1-19-4-6-20(7-5-19)23-17-24(22-9-8-21(32-2)16-25(22)33-3)30(28-23)26(31)18-29-12-10-27(11-13-29)34-14-15-35-27/h4-9,16,24H,10-15,17-18H2,1-3H3/t24-/m1/s1. The highest BCUT2D eigenvalue weighted by Crippen LogP contribution is 2.39. The van der Waals surface area contributed by atoms with Crippen LogP contribution in [0.3, 0.4) is 0 Å². The highest BCUT2D eigenvalue weighted by Gasteiger charge is 2.41. The first-order valence-electron chi connectivity index (χ1n) is 12.2. The zero-order valence-corrected chi connectivity index (χ0v) is 20.7. The van der Waals surface area contributed by atoms with E-state index >= 15 is 0 Å². The van der Waals surface area contributed by atoms with Crippen molar-refractivity contribution in [2.45, 2.75) is 38.0 Å². The summed E-state index contributed by atoms with van der Waals surface area (Å²) >= 11 is 0. The molecule has 3 heterocycles. The Morgan fingerprint density at radius 3 is 2.43 bits per heavy atom. The zero-order chi connectivity index (χ0) is 24.4. The van der Waals surface area contributed by atoms with E-state index in [4.69, 9.17) is 24.0 Å². The molecule has 5 rings (SSSR count). The number of hydrogen-bond donors (Lipinski definition) is 0. The van der Waals surface area contributed by atoms with Gasteiger partial charge in [0.15, 0.2) is 5.79 Å². The van der Waals surface area contributed by atoms with Gasteiger partial charge in [-0.3, -0.25) is 9.69 Å². The molecule has 0 bridgehead atoms. The number of hydrazone groups is 1. The third kappa shape index (κ3) is 4.91. The van der Waals surface area contributed by atoms with Crippen molar-refractivity contribution in [2.75, 3.05) is 47.1 Å². The lowest BCUT2D eigenvalue weighted by Crippen LogP contribution is -2.48. The Morgan fingerprint density at radius 2 is 1.77 bits per heavy atom. The second kappa shape index (κ2) is 9.97. The predicted octanol–water partition coefficient (Wildman–Crippen LogP) is 3.53. The number of hydrogen-bond acceptors (Lipinski definition) is 7. The quantitative estimate of drug-likeness (QED) is 0.631. The van der Waals surface area contributed by atoms with Gasteiger partial charge in [-0.2, -0.15) is 5.10 Å².